The fraction of sp³-hybridized carbons (Fsp3) is 0.0714. The number of rotatable bonds is 1. The lowest BCUT2D eigenvalue weighted by Gasteiger charge is -2.23. The van der Waals surface area contributed by atoms with Crippen LogP contribution in [-0.4, -0.2) is 36.3 Å². The average Bonchev–Trinajstić information content (AvgIpc) is 3.69. The van der Waals surface area contributed by atoms with E-state index in [-0.39, 0.29) is 46.7 Å². The highest BCUT2D eigenvalue weighted by Crippen LogP contribution is 2.52. The second-order valence-corrected chi connectivity index (χ2v) is 13.0. The first-order valence-electron chi connectivity index (χ1n) is 12.1. The number of benzene rings is 3. The molecule has 0 saturated carbocycles. The first-order valence-corrected chi connectivity index (χ1v) is 15.2. The SMILES string of the molecule is O=C1C2C(=C(Cl)C(Cl)=C(Cl)C2Cl)c2nc3cc(-c4ccc5c(c4)nc4n5C(=O)c5c(Cl)c(Cl)c(Cl)c(Cl)c5-4)ccc3n21. The number of carbonyl (C=O) groups excluding carboxylic acids is 2. The molecule has 0 N–H and O–H groups in total. The van der Waals surface area contributed by atoms with Crippen molar-refractivity contribution in [3.05, 3.63) is 83.0 Å². The third-order valence-corrected chi connectivity index (χ3v) is 11.5. The molecule has 6 nitrogen and oxygen atoms in total. The molecule has 0 amide bonds. The van der Waals surface area contributed by atoms with E-state index >= 15 is 0 Å². The Balaban J connectivity index is 1.25. The van der Waals surface area contributed by atoms with Crippen LogP contribution in [0.25, 0.3) is 50.2 Å². The molecule has 0 saturated heterocycles. The topological polar surface area (TPSA) is 69.8 Å². The van der Waals surface area contributed by atoms with Gasteiger partial charge in [-0.1, -0.05) is 93.3 Å². The molecule has 42 heavy (non-hydrogen) atoms. The quantitative estimate of drug-likeness (QED) is 0.0966. The van der Waals surface area contributed by atoms with E-state index in [9.17, 15) is 9.59 Å². The van der Waals surface area contributed by atoms with E-state index in [1.807, 2.05) is 24.3 Å². The fourth-order valence-electron chi connectivity index (χ4n) is 5.85. The number of hydrogen-bond donors (Lipinski definition) is 0. The predicted octanol–water partition coefficient (Wildman–Crippen LogP) is 9.87. The maximum absolute atomic E-state index is 13.4. The van der Waals surface area contributed by atoms with E-state index in [1.54, 1.807) is 12.1 Å². The van der Waals surface area contributed by atoms with Gasteiger partial charge in [0.05, 0.1) is 79.7 Å². The van der Waals surface area contributed by atoms with Crippen LogP contribution in [0.4, 0.5) is 0 Å². The Morgan fingerprint density at radius 3 is 1.81 bits per heavy atom. The number of allylic oxidation sites excluding steroid dienone is 4. The van der Waals surface area contributed by atoms with Gasteiger partial charge in [-0.25, -0.2) is 9.97 Å². The van der Waals surface area contributed by atoms with Gasteiger partial charge in [0.25, 0.3) is 5.91 Å². The van der Waals surface area contributed by atoms with Crippen LogP contribution in [-0.2, 0) is 0 Å². The van der Waals surface area contributed by atoms with Gasteiger partial charge in [-0.2, -0.15) is 0 Å². The zero-order valence-corrected chi connectivity index (χ0v) is 26.3. The number of imidazole rings is 2. The lowest BCUT2D eigenvalue weighted by molar-refractivity contribution is 0.0888. The number of hydrogen-bond acceptors (Lipinski definition) is 4. The van der Waals surface area contributed by atoms with Crippen LogP contribution in [0, 0.1) is 5.92 Å². The summed E-state index contributed by atoms with van der Waals surface area (Å²) in [6.07, 6.45) is 0. The number of fused-ring (bicyclic) bond motifs is 10. The van der Waals surface area contributed by atoms with Crippen molar-refractivity contribution < 1.29 is 9.59 Å². The van der Waals surface area contributed by atoms with Crippen molar-refractivity contribution in [1.29, 1.82) is 0 Å². The van der Waals surface area contributed by atoms with Gasteiger partial charge in [0.1, 0.15) is 5.82 Å². The fourth-order valence-corrected chi connectivity index (χ4v) is 8.06. The van der Waals surface area contributed by atoms with Crippen molar-refractivity contribution in [3.8, 4) is 22.5 Å². The van der Waals surface area contributed by atoms with E-state index in [4.69, 9.17) is 103 Å². The molecule has 0 fully saturated rings. The molecular formula is C28H8Cl8N4O2. The molecule has 8 rings (SSSR count). The van der Waals surface area contributed by atoms with Gasteiger partial charge in [-0.15, -0.1) is 11.6 Å². The van der Waals surface area contributed by atoms with E-state index in [2.05, 4.69) is 0 Å². The van der Waals surface area contributed by atoms with Crippen LogP contribution >= 0.6 is 92.8 Å². The standard InChI is InChI=1S/C28H8Cl8N4O2/c29-17-13-15(19(31)23(35)21(17)33)27(41)39-11-3-1-7(5-9(11)37-25(13)39)8-2-4-12-10(6-8)38-26-14-16(28(42)40(12)26)20(32)24(36)22(34)18(14)30/h1-6,15,19H. The Hall–Kier alpha value is -2.26. The number of aromatic nitrogens is 4. The molecule has 5 aromatic rings. The number of alkyl halides is 1. The molecule has 3 aromatic carbocycles. The van der Waals surface area contributed by atoms with Crippen molar-refractivity contribution in [2.75, 3.05) is 0 Å². The predicted molar refractivity (Wildman–Crippen MR) is 169 cm³/mol. The number of halogens is 8. The molecule has 2 unspecified atom stereocenters. The van der Waals surface area contributed by atoms with Crippen molar-refractivity contribution >= 4 is 132 Å². The maximum Gasteiger partial charge on any atom is 0.266 e. The van der Waals surface area contributed by atoms with Crippen LogP contribution in [0.3, 0.4) is 0 Å². The van der Waals surface area contributed by atoms with E-state index in [0.717, 1.165) is 11.1 Å². The molecule has 14 heteroatoms. The lowest BCUT2D eigenvalue weighted by atomic mass is 9.92. The molecule has 0 spiro atoms. The smallest absolute Gasteiger partial charge is 0.266 e. The summed E-state index contributed by atoms with van der Waals surface area (Å²) in [6, 6.07) is 11.0. The number of carbonyl (C=O) groups is 2. The third kappa shape index (κ3) is 3.33. The summed E-state index contributed by atoms with van der Waals surface area (Å²) >= 11 is 50.9. The highest BCUT2D eigenvalue weighted by Gasteiger charge is 2.48. The first kappa shape index (κ1) is 27.3. The Morgan fingerprint density at radius 1 is 0.643 bits per heavy atom. The average molecular weight is 716 g/mol. The zero-order chi connectivity index (χ0) is 29.5. The molecule has 0 bridgehead atoms. The maximum atomic E-state index is 13.4. The number of nitrogens with zero attached hydrogens (tertiary/aromatic N) is 4. The summed E-state index contributed by atoms with van der Waals surface area (Å²) in [4.78, 5) is 36.2. The minimum Gasteiger partial charge on any atom is -0.273 e. The van der Waals surface area contributed by atoms with Crippen molar-refractivity contribution in [2.45, 2.75) is 5.38 Å². The monoisotopic (exact) mass is 712 g/mol. The van der Waals surface area contributed by atoms with Crippen molar-refractivity contribution in [1.82, 2.24) is 19.1 Å². The van der Waals surface area contributed by atoms with Gasteiger partial charge in [-0.3, -0.25) is 18.7 Å². The second-order valence-electron chi connectivity index (χ2n) is 9.87. The first-order chi connectivity index (χ1) is 20.0. The molecule has 2 atom stereocenters. The summed E-state index contributed by atoms with van der Waals surface area (Å²) in [5, 5.41) is -0.259. The van der Waals surface area contributed by atoms with Crippen LogP contribution < -0.4 is 0 Å². The Labute approximate surface area is 275 Å². The highest BCUT2D eigenvalue weighted by molar-refractivity contribution is 6.55. The summed E-state index contributed by atoms with van der Waals surface area (Å²) < 4.78 is 2.94. The Kier molecular flexibility index (Phi) is 5.93. The van der Waals surface area contributed by atoms with Gasteiger partial charge >= 0.3 is 0 Å². The van der Waals surface area contributed by atoms with Gasteiger partial charge in [0.2, 0.25) is 5.91 Å². The molecule has 2 aliphatic heterocycles. The summed E-state index contributed by atoms with van der Waals surface area (Å²) in [7, 11) is 0. The molecule has 208 valence electrons. The molecular weight excluding hydrogens is 708 g/mol. The van der Waals surface area contributed by atoms with E-state index < -0.39 is 17.2 Å². The van der Waals surface area contributed by atoms with Gasteiger partial charge in [-0.05, 0) is 35.4 Å². The minimum absolute atomic E-state index is 0.0125. The van der Waals surface area contributed by atoms with Crippen molar-refractivity contribution in [2.24, 2.45) is 5.92 Å². The highest BCUT2D eigenvalue weighted by atomic mass is 35.5. The molecule has 3 aliphatic rings. The van der Waals surface area contributed by atoms with Gasteiger partial charge in [0.15, 0.2) is 5.82 Å². The normalized spacial score (nSPS) is 19.3. The van der Waals surface area contributed by atoms with E-state index in [0.29, 0.717) is 44.9 Å². The Morgan fingerprint density at radius 2 is 1.19 bits per heavy atom. The van der Waals surface area contributed by atoms with Crippen molar-refractivity contribution in [3.63, 3.8) is 0 Å². The summed E-state index contributed by atoms with van der Waals surface area (Å²) in [5.74, 6) is -0.765. The van der Waals surface area contributed by atoms with E-state index in [1.165, 1.54) is 9.13 Å². The second kappa shape index (κ2) is 9.13. The lowest BCUT2D eigenvalue weighted by Crippen LogP contribution is -2.26. The molecule has 0 radical (unpaired) electrons. The zero-order valence-electron chi connectivity index (χ0n) is 20.2. The van der Waals surface area contributed by atoms with Crippen LogP contribution in [0.2, 0.25) is 20.1 Å². The van der Waals surface area contributed by atoms with Crippen LogP contribution in [0.15, 0.2) is 51.5 Å². The minimum atomic E-state index is -0.846. The summed E-state index contributed by atoms with van der Waals surface area (Å²) in [5.41, 5.74) is 4.83. The van der Waals surface area contributed by atoms with Gasteiger partial charge < -0.3 is 0 Å². The third-order valence-electron chi connectivity index (χ3n) is 7.76. The molecule has 1 aliphatic carbocycles. The van der Waals surface area contributed by atoms with Gasteiger partial charge in [0, 0.05) is 5.57 Å². The molecule has 4 heterocycles. The molecule has 2 aromatic heterocycles. The summed E-state index contributed by atoms with van der Waals surface area (Å²) in [6.45, 7) is 0. The van der Waals surface area contributed by atoms with Crippen LogP contribution in [0.5, 0.6) is 0 Å². The Bertz CT molecular complexity index is 2250. The largest absolute Gasteiger partial charge is 0.273 e. The van der Waals surface area contributed by atoms with Crippen LogP contribution in [0.1, 0.15) is 21.0 Å².